The number of hydrazine groups is 1. The molecule has 0 radical (unpaired) electrons. The van der Waals surface area contributed by atoms with Crippen LogP contribution in [0.2, 0.25) is 10.0 Å². The SMILES string of the molecule is Cc1cccc(Oc2nc(NN)c(Cl)cc2Cl)c1. The van der Waals surface area contributed by atoms with Gasteiger partial charge >= 0.3 is 0 Å². The maximum atomic E-state index is 6.01. The summed E-state index contributed by atoms with van der Waals surface area (Å²) in [5.41, 5.74) is 3.46. The number of nitrogen functional groups attached to an aromatic ring is 1. The van der Waals surface area contributed by atoms with Crippen molar-refractivity contribution in [1.29, 1.82) is 0 Å². The predicted molar refractivity (Wildman–Crippen MR) is 73.3 cm³/mol. The van der Waals surface area contributed by atoms with Crippen LogP contribution in [0.25, 0.3) is 0 Å². The van der Waals surface area contributed by atoms with Crippen molar-refractivity contribution in [1.82, 2.24) is 4.98 Å². The lowest BCUT2D eigenvalue weighted by molar-refractivity contribution is 0.463. The van der Waals surface area contributed by atoms with Gasteiger partial charge in [0, 0.05) is 0 Å². The molecule has 0 fully saturated rings. The lowest BCUT2D eigenvalue weighted by atomic mass is 10.2. The molecule has 2 aromatic rings. The number of halogens is 2. The van der Waals surface area contributed by atoms with Gasteiger partial charge in [-0.15, -0.1) is 0 Å². The minimum Gasteiger partial charge on any atom is -0.437 e. The Bertz CT molecular complexity index is 575. The van der Waals surface area contributed by atoms with Crippen molar-refractivity contribution in [2.45, 2.75) is 6.92 Å². The number of ether oxygens (including phenoxy) is 1. The van der Waals surface area contributed by atoms with Gasteiger partial charge in [0.1, 0.15) is 10.8 Å². The molecule has 0 atom stereocenters. The van der Waals surface area contributed by atoms with E-state index in [0.29, 0.717) is 21.6 Å². The van der Waals surface area contributed by atoms with E-state index in [9.17, 15) is 0 Å². The second-order valence-corrected chi connectivity index (χ2v) is 4.48. The molecule has 18 heavy (non-hydrogen) atoms. The molecule has 1 heterocycles. The lowest BCUT2D eigenvalue weighted by Crippen LogP contribution is -2.09. The first-order valence-electron chi connectivity index (χ1n) is 5.17. The molecule has 0 saturated carbocycles. The average molecular weight is 284 g/mol. The molecule has 94 valence electrons. The highest BCUT2D eigenvalue weighted by Gasteiger charge is 2.10. The minimum absolute atomic E-state index is 0.250. The van der Waals surface area contributed by atoms with Crippen molar-refractivity contribution < 1.29 is 4.74 Å². The van der Waals surface area contributed by atoms with Crippen LogP contribution in [-0.2, 0) is 0 Å². The molecule has 6 heteroatoms. The van der Waals surface area contributed by atoms with Crippen LogP contribution >= 0.6 is 23.2 Å². The summed E-state index contributed by atoms with van der Waals surface area (Å²) in [6.07, 6.45) is 0. The Morgan fingerprint density at radius 2 is 2.00 bits per heavy atom. The zero-order chi connectivity index (χ0) is 13.1. The third kappa shape index (κ3) is 2.85. The normalized spacial score (nSPS) is 10.2. The maximum Gasteiger partial charge on any atom is 0.240 e. The summed E-state index contributed by atoms with van der Waals surface area (Å²) in [4.78, 5) is 4.09. The van der Waals surface area contributed by atoms with E-state index in [4.69, 9.17) is 33.8 Å². The smallest absolute Gasteiger partial charge is 0.240 e. The zero-order valence-electron chi connectivity index (χ0n) is 9.58. The summed E-state index contributed by atoms with van der Waals surface area (Å²) in [7, 11) is 0. The van der Waals surface area contributed by atoms with Crippen LogP contribution < -0.4 is 16.0 Å². The fraction of sp³-hybridized carbons (Fsp3) is 0.0833. The molecule has 0 unspecified atom stereocenters. The summed E-state index contributed by atoms with van der Waals surface area (Å²) >= 11 is 11.9. The first-order valence-corrected chi connectivity index (χ1v) is 5.93. The van der Waals surface area contributed by atoms with Crippen LogP contribution in [0.15, 0.2) is 30.3 Å². The number of hydrogen-bond acceptors (Lipinski definition) is 4. The van der Waals surface area contributed by atoms with Crippen LogP contribution in [0.1, 0.15) is 5.56 Å². The number of aromatic nitrogens is 1. The molecule has 3 N–H and O–H groups in total. The monoisotopic (exact) mass is 283 g/mol. The predicted octanol–water partition coefficient (Wildman–Crippen LogP) is 3.77. The Morgan fingerprint density at radius 3 is 2.67 bits per heavy atom. The number of nitrogens with two attached hydrogens (primary N) is 1. The first-order chi connectivity index (χ1) is 8.60. The van der Waals surface area contributed by atoms with Crippen molar-refractivity contribution >= 4 is 29.0 Å². The van der Waals surface area contributed by atoms with E-state index < -0.39 is 0 Å². The van der Waals surface area contributed by atoms with Gasteiger partial charge in [0.25, 0.3) is 0 Å². The number of aryl methyl sites for hydroxylation is 1. The Hall–Kier alpha value is -1.49. The summed E-state index contributed by atoms with van der Waals surface area (Å²) in [5.74, 6) is 6.50. The number of hydrogen-bond donors (Lipinski definition) is 2. The highest BCUT2D eigenvalue weighted by molar-refractivity contribution is 6.36. The minimum atomic E-state index is 0.250. The molecule has 1 aromatic heterocycles. The van der Waals surface area contributed by atoms with E-state index in [2.05, 4.69) is 10.4 Å². The van der Waals surface area contributed by atoms with Crippen LogP contribution in [0, 0.1) is 6.92 Å². The molecule has 0 aliphatic heterocycles. The van der Waals surface area contributed by atoms with E-state index in [0.717, 1.165) is 5.56 Å². The molecular weight excluding hydrogens is 273 g/mol. The van der Waals surface area contributed by atoms with Crippen LogP contribution in [0.4, 0.5) is 5.82 Å². The summed E-state index contributed by atoms with van der Waals surface area (Å²) in [6.45, 7) is 1.97. The maximum absolute atomic E-state index is 6.01. The van der Waals surface area contributed by atoms with E-state index >= 15 is 0 Å². The van der Waals surface area contributed by atoms with Crippen LogP contribution in [0.3, 0.4) is 0 Å². The number of rotatable bonds is 3. The zero-order valence-corrected chi connectivity index (χ0v) is 11.1. The number of nitrogens with one attached hydrogen (secondary N) is 1. The molecule has 0 saturated heterocycles. The standard InChI is InChI=1S/C12H11Cl2N3O/c1-7-3-2-4-8(5-7)18-12-10(14)6-9(13)11(16-12)17-15/h2-6H,15H2,1H3,(H,16,17). The van der Waals surface area contributed by atoms with Crippen LogP contribution in [0.5, 0.6) is 11.6 Å². The Kier molecular flexibility index (Phi) is 3.91. The summed E-state index contributed by atoms with van der Waals surface area (Å²) in [5, 5.41) is 0.652. The van der Waals surface area contributed by atoms with Gasteiger partial charge in [-0.3, -0.25) is 0 Å². The fourth-order valence-electron chi connectivity index (χ4n) is 1.41. The van der Waals surface area contributed by atoms with Crippen molar-refractivity contribution in [2.24, 2.45) is 5.84 Å². The summed E-state index contributed by atoms with van der Waals surface area (Å²) < 4.78 is 5.59. The molecule has 0 aliphatic rings. The van der Waals surface area contributed by atoms with Gasteiger partial charge < -0.3 is 10.2 Å². The quantitative estimate of drug-likeness (QED) is 0.665. The van der Waals surface area contributed by atoms with E-state index in [-0.39, 0.29) is 5.88 Å². The molecular formula is C12H11Cl2N3O. The van der Waals surface area contributed by atoms with E-state index in [1.165, 1.54) is 6.07 Å². The molecule has 0 aliphatic carbocycles. The largest absolute Gasteiger partial charge is 0.437 e. The van der Waals surface area contributed by atoms with Crippen LogP contribution in [-0.4, -0.2) is 4.98 Å². The molecule has 0 bridgehead atoms. The second kappa shape index (κ2) is 5.44. The number of anilines is 1. The number of benzene rings is 1. The average Bonchev–Trinajstić information content (AvgIpc) is 2.33. The van der Waals surface area contributed by atoms with Gasteiger partial charge in [0.05, 0.1) is 5.02 Å². The molecule has 1 aromatic carbocycles. The van der Waals surface area contributed by atoms with Crippen molar-refractivity contribution in [3.05, 3.63) is 45.9 Å². The van der Waals surface area contributed by atoms with E-state index in [1.807, 2.05) is 31.2 Å². The topological polar surface area (TPSA) is 60.2 Å². The Balaban J connectivity index is 2.34. The third-order valence-corrected chi connectivity index (χ3v) is 2.80. The van der Waals surface area contributed by atoms with Gasteiger partial charge in [0.2, 0.25) is 5.88 Å². The molecule has 0 amide bonds. The van der Waals surface area contributed by atoms with Crippen molar-refractivity contribution in [3.8, 4) is 11.6 Å². The van der Waals surface area contributed by atoms with Gasteiger partial charge in [-0.25, -0.2) is 5.84 Å². The fourth-order valence-corrected chi connectivity index (χ4v) is 1.86. The molecule has 4 nitrogen and oxygen atoms in total. The summed E-state index contributed by atoms with van der Waals surface area (Å²) in [6, 6.07) is 9.07. The van der Waals surface area contributed by atoms with Gasteiger partial charge in [-0.2, -0.15) is 4.98 Å². The van der Waals surface area contributed by atoms with Gasteiger partial charge in [0.15, 0.2) is 5.82 Å². The van der Waals surface area contributed by atoms with Gasteiger partial charge in [-0.05, 0) is 30.7 Å². The van der Waals surface area contributed by atoms with Crippen molar-refractivity contribution in [3.63, 3.8) is 0 Å². The Labute approximate surface area is 115 Å². The van der Waals surface area contributed by atoms with E-state index in [1.54, 1.807) is 0 Å². The third-order valence-electron chi connectivity index (χ3n) is 2.24. The Morgan fingerprint density at radius 1 is 1.22 bits per heavy atom. The lowest BCUT2D eigenvalue weighted by Gasteiger charge is -2.10. The first kappa shape index (κ1) is 13.0. The highest BCUT2D eigenvalue weighted by atomic mass is 35.5. The highest BCUT2D eigenvalue weighted by Crippen LogP contribution is 2.33. The van der Waals surface area contributed by atoms with Crippen molar-refractivity contribution in [2.75, 3.05) is 5.43 Å². The molecule has 2 rings (SSSR count). The number of nitrogens with zero attached hydrogens (tertiary/aromatic N) is 1. The number of pyridine rings is 1. The molecule has 0 spiro atoms. The second-order valence-electron chi connectivity index (χ2n) is 3.67. The van der Waals surface area contributed by atoms with Gasteiger partial charge in [-0.1, -0.05) is 35.3 Å².